The van der Waals surface area contributed by atoms with Crippen molar-refractivity contribution in [2.24, 2.45) is 0 Å². The largest absolute Gasteiger partial charge is 0.326 e. The third-order valence-corrected chi connectivity index (χ3v) is 4.70. The number of hydrogen-bond donors (Lipinski definition) is 2. The molecule has 3 rings (SSSR count). The molecule has 2 amide bonds. The number of rotatable bonds is 5. The van der Waals surface area contributed by atoms with Crippen molar-refractivity contribution in [3.05, 3.63) is 65.2 Å². The van der Waals surface area contributed by atoms with Gasteiger partial charge in [0.1, 0.15) is 10.7 Å². The number of benzene rings is 2. The molecular formula is C20H19N3O2S. The quantitative estimate of drug-likeness (QED) is 0.695. The van der Waals surface area contributed by atoms with E-state index in [0.29, 0.717) is 17.1 Å². The second-order valence-electron chi connectivity index (χ2n) is 5.80. The standard InChI is InChI=1S/C20H19N3O2S/c1-3-14-4-6-15(7-5-14)20-23-18(12-26-20)19(25)22-17-10-8-16(9-11-17)21-13(2)24/h4-12H,3H2,1-2H3,(H,21,24)(H,22,25). The first-order chi connectivity index (χ1) is 12.5. The van der Waals surface area contributed by atoms with Crippen molar-refractivity contribution in [1.29, 1.82) is 0 Å². The lowest BCUT2D eigenvalue weighted by Gasteiger charge is -2.05. The molecule has 0 aliphatic rings. The van der Waals surface area contributed by atoms with Gasteiger partial charge in [-0.15, -0.1) is 11.3 Å². The Morgan fingerprint density at radius 2 is 1.58 bits per heavy atom. The van der Waals surface area contributed by atoms with Crippen LogP contribution < -0.4 is 10.6 Å². The molecule has 0 saturated carbocycles. The molecule has 0 aliphatic carbocycles. The fourth-order valence-electron chi connectivity index (χ4n) is 2.43. The molecular weight excluding hydrogens is 346 g/mol. The Kier molecular flexibility index (Phi) is 5.43. The maximum atomic E-state index is 12.4. The lowest BCUT2D eigenvalue weighted by molar-refractivity contribution is -0.114. The maximum Gasteiger partial charge on any atom is 0.275 e. The molecule has 6 heteroatoms. The van der Waals surface area contributed by atoms with Gasteiger partial charge >= 0.3 is 0 Å². The second-order valence-corrected chi connectivity index (χ2v) is 6.66. The van der Waals surface area contributed by atoms with Crippen LogP contribution in [-0.2, 0) is 11.2 Å². The zero-order valence-corrected chi connectivity index (χ0v) is 15.4. The number of aryl methyl sites for hydroxylation is 1. The molecule has 5 nitrogen and oxygen atoms in total. The Labute approximate surface area is 156 Å². The highest BCUT2D eigenvalue weighted by atomic mass is 32.1. The van der Waals surface area contributed by atoms with E-state index in [0.717, 1.165) is 17.0 Å². The molecule has 2 N–H and O–H groups in total. The highest BCUT2D eigenvalue weighted by molar-refractivity contribution is 7.13. The summed E-state index contributed by atoms with van der Waals surface area (Å²) in [6, 6.07) is 15.2. The van der Waals surface area contributed by atoms with Crippen molar-refractivity contribution < 1.29 is 9.59 Å². The van der Waals surface area contributed by atoms with Crippen molar-refractivity contribution in [2.45, 2.75) is 20.3 Å². The molecule has 1 aromatic heterocycles. The van der Waals surface area contributed by atoms with Gasteiger partial charge in [0.15, 0.2) is 0 Å². The fraction of sp³-hybridized carbons (Fsp3) is 0.150. The Bertz CT molecular complexity index is 915. The van der Waals surface area contributed by atoms with Crippen LogP contribution in [0.15, 0.2) is 53.9 Å². The summed E-state index contributed by atoms with van der Waals surface area (Å²) < 4.78 is 0. The lowest BCUT2D eigenvalue weighted by atomic mass is 10.1. The Morgan fingerprint density at radius 3 is 2.15 bits per heavy atom. The van der Waals surface area contributed by atoms with Crippen LogP contribution in [0.1, 0.15) is 29.9 Å². The van der Waals surface area contributed by atoms with E-state index in [9.17, 15) is 9.59 Å². The summed E-state index contributed by atoms with van der Waals surface area (Å²) in [6.45, 7) is 3.56. The van der Waals surface area contributed by atoms with Gasteiger partial charge in [-0.2, -0.15) is 0 Å². The third kappa shape index (κ3) is 4.34. The van der Waals surface area contributed by atoms with E-state index in [1.165, 1.54) is 23.8 Å². The first kappa shape index (κ1) is 17.8. The predicted octanol–water partition coefficient (Wildman–Crippen LogP) is 4.58. The highest BCUT2D eigenvalue weighted by Gasteiger charge is 2.12. The zero-order valence-electron chi connectivity index (χ0n) is 14.6. The van der Waals surface area contributed by atoms with Gasteiger partial charge in [0.05, 0.1) is 0 Å². The normalized spacial score (nSPS) is 10.4. The Morgan fingerprint density at radius 1 is 0.962 bits per heavy atom. The van der Waals surface area contributed by atoms with E-state index in [4.69, 9.17) is 0 Å². The number of thiazole rings is 1. The molecule has 2 aromatic carbocycles. The first-order valence-electron chi connectivity index (χ1n) is 8.29. The van der Waals surface area contributed by atoms with Crippen molar-refractivity contribution >= 4 is 34.5 Å². The summed E-state index contributed by atoms with van der Waals surface area (Å²) >= 11 is 1.44. The lowest BCUT2D eigenvalue weighted by Crippen LogP contribution is -2.12. The summed E-state index contributed by atoms with van der Waals surface area (Å²) in [5.74, 6) is -0.395. The van der Waals surface area contributed by atoms with E-state index in [2.05, 4.69) is 34.7 Å². The molecule has 0 atom stereocenters. The third-order valence-electron chi connectivity index (χ3n) is 3.81. The fourth-order valence-corrected chi connectivity index (χ4v) is 3.24. The van der Waals surface area contributed by atoms with Crippen molar-refractivity contribution in [3.8, 4) is 10.6 Å². The molecule has 3 aromatic rings. The number of hydrogen-bond acceptors (Lipinski definition) is 4. The number of anilines is 2. The van der Waals surface area contributed by atoms with Crippen LogP contribution >= 0.6 is 11.3 Å². The summed E-state index contributed by atoms with van der Waals surface area (Å²) in [5.41, 5.74) is 3.99. The summed E-state index contributed by atoms with van der Waals surface area (Å²) in [6.07, 6.45) is 0.993. The van der Waals surface area contributed by atoms with E-state index in [1.54, 1.807) is 29.6 Å². The first-order valence-corrected chi connectivity index (χ1v) is 9.17. The molecule has 0 unspecified atom stereocenters. The molecule has 1 heterocycles. The van der Waals surface area contributed by atoms with E-state index in [1.807, 2.05) is 12.1 Å². The topological polar surface area (TPSA) is 71.1 Å². The highest BCUT2D eigenvalue weighted by Crippen LogP contribution is 2.25. The van der Waals surface area contributed by atoms with E-state index in [-0.39, 0.29) is 11.8 Å². The van der Waals surface area contributed by atoms with Crippen molar-refractivity contribution in [2.75, 3.05) is 10.6 Å². The minimum absolute atomic E-state index is 0.135. The van der Waals surface area contributed by atoms with Crippen LogP contribution in [0.2, 0.25) is 0 Å². The molecule has 0 spiro atoms. The van der Waals surface area contributed by atoms with Gasteiger partial charge in [-0.05, 0) is 36.2 Å². The predicted molar refractivity (Wildman–Crippen MR) is 106 cm³/mol. The number of carbonyl (C=O) groups excluding carboxylic acids is 2. The van der Waals surface area contributed by atoms with Gasteiger partial charge in [0.2, 0.25) is 5.91 Å². The van der Waals surface area contributed by atoms with Gasteiger partial charge in [-0.3, -0.25) is 9.59 Å². The van der Waals surface area contributed by atoms with Gasteiger partial charge < -0.3 is 10.6 Å². The van der Waals surface area contributed by atoms with Gasteiger partial charge in [-0.1, -0.05) is 31.2 Å². The van der Waals surface area contributed by atoms with Crippen LogP contribution in [0.25, 0.3) is 10.6 Å². The van der Waals surface area contributed by atoms with Crippen LogP contribution in [0.5, 0.6) is 0 Å². The molecule has 0 radical (unpaired) electrons. The molecule has 0 bridgehead atoms. The number of amides is 2. The molecule has 0 saturated heterocycles. The number of aromatic nitrogens is 1. The minimum Gasteiger partial charge on any atom is -0.326 e. The van der Waals surface area contributed by atoms with E-state index < -0.39 is 0 Å². The van der Waals surface area contributed by atoms with Gasteiger partial charge in [-0.25, -0.2) is 4.98 Å². The zero-order chi connectivity index (χ0) is 18.5. The summed E-state index contributed by atoms with van der Waals surface area (Å²) in [4.78, 5) is 27.9. The summed E-state index contributed by atoms with van der Waals surface area (Å²) in [5, 5.41) is 8.07. The molecule has 0 fully saturated rings. The average molecular weight is 365 g/mol. The van der Waals surface area contributed by atoms with Crippen LogP contribution in [0.4, 0.5) is 11.4 Å². The van der Waals surface area contributed by atoms with Gasteiger partial charge in [0, 0.05) is 29.2 Å². The summed E-state index contributed by atoms with van der Waals surface area (Å²) in [7, 11) is 0. The van der Waals surface area contributed by atoms with Crippen LogP contribution in [0.3, 0.4) is 0 Å². The van der Waals surface area contributed by atoms with Crippen molar-refractivity contribution in [3.63, 3.8) is 0 Å². The Balaban J connectivity index is 1.68. The molecule has 132 valence electrons. The number of nitrogens with one attached hydrogen (secondary N) is 2. The average Bonchev–Trinajstić information content (AvgIpc) is 3.13. The minimum atomic E-state index is -0.259. The smallest absolute Gasteiger partial charge is 0.275 e. The SMILES string of the molecule is CCc1ccc(-c2nc(C(=O)Nc3ccc(NC(C)=O)cc3)cs2)cc1. The maximum absolute atomic E-state index is 12.4. The van der Waals surface area contributed by atoms with E-state index >= 15 is 0 Å². The molecule has 26 heavy (non-hydrogen) atoms. The second kappa shape index (κ2) is 7.93. The van der Waals surface area contributed by atoms with Crippen molar-refractivity contribution in [1.82, 2.24) is 4.98 Å². The van der Waals surface area contributed by atoms with Crippen LogP contribution in [-0.4, -0.2) is 16.8 Å². The number of nitrogens with zero attached hydrogens (tertiary/aromatic N) is 1. The Hall–Kier alpha value is -2.99. The number of carbonyl (C=O) groups is 2. The monoisotopic (exact) mass is 365 g/mol. The molecule has 0 aliphatic heterocycles. The van der Waals surface area contributed by atoms with Gasteiger partial charge in [0.25, 0.3) is 5.91 Å². The van der Waals surface area contributed by atoms with Crippen LogP contribution in [0, 0.1) is 0 Å².